The van der Waals surface area contributed by atoms with Crippen LogP contribution in [0.15, 0.2) is 34.1 Å². The van der Waals surface area contributed by atoms with Gasteiger partial charge >= 0.3 is 0 Å². The van der Waals surface area contributed by atoms with Crippen molar-refractivity contribution in [3.8, 4) is 0 Å². The Kier molecular flexibility index (Phi) is 5.38. The van der Waals surface area contributed by atoms with Crippen molar-refractivity contribution in [3.05, 3.63) is 54.7 Å². The normalized spacial score (nSPS) is 10.4. The monoisotopic (exact) mass is 397 g/mol. The highest BCUT2D eigenvalue weighted by Crippen LogP contribution is 2.27. The predicted molar refractivity (Wildman–Crippen MR) is 95.2 cm³/mol. The number of carbonyl (C=O) groups excluding carboxylic acids is 1. The average molecular weight is 398 g/mol. The topological polar surface area (TPSA) is 66.7 Å². The SMILES string of the molecule is CN(Cc1ccc(Br)s1)C(=O)c1cc([N+](=O)[O-])ccc1N(C)C. The summed E-state index contributed by atoms with van der Waals surface area (Å²) in [5, 5.41) is 11.0. The summed E-state index contributed by atoms with van der Waals surface area (Å²) in [6.45, 7) is 0.449. The molecule has 0 aliphatic carbocycles. The first kappa shape index (κ1) is 17.4. The van der Waals surface area contributed by atoms with Crippen molar-refractivity contribution >= 4 is 44.5 Å². The number of amides is 1. The number of hydrogen-bond acceptors (Lipinski definition) is 5. The fraction of sp³-hybridized carbons (Fsp3) is 0.267. The average Bonchev–Trinajstić information content (AvgIpc) is 2.90. The summed E-state index contributed by atoms with van der Waals surface area (Å²) in [6, 6.07) is 8.21. The van der Waals surface area contributed by atoms with Gasteiger partial charge in [-0.25, -0.2) is 0 Å². The van der Waals surface area contributed by atoms with Crippen LogP contribution in [-0.2, 0) is 6.54 Å². The van der Waals surface area contributed by atoms with Crippen LogP contribution in [0.5, 0.6) is 0 Å². The van der Waals surface area contributed by atoms with Crippen LogP contribution in [0.3, 0.4) is 0 Å². The Morgan fingerprint density at radius 2 is 1.96 bits per heavy atom. The van der Waals surface area contributed by atoms with Gasteiger partial charge in [-0.3, -0.25) is 14.9 Å². The van der Waals surface area contributed by atoms with E-state index >= 15 is 0 Å². The summed E-state index contributed by atoms with van der Waals surface area (Å²) in [5.74, 6) is -0.248. The molecule has 0 fully saturated rings. The highest BCUT2D eigenvalue weighted by molar-refractivity contribution is 9.11. The maximum atomic E-state index is 12.7. The number of rotatable bonds is 5. The van der Waals surface area contributed by atoms with Crippen molar-refractivity contribution < 1.29 is 9.72 Å². The second-order valence-corrected chi connectivity index (χ2v) is 7.77. The smallest absolute Gasteiger partial charge is 0.270 e. The van der Waals surface area contributed by atoms with Crippen molar-refractivity contribution in [2.45, 2.75) is 6.54 Å². The summed E-state index contributed by atoms with van der Waals surface area (Å²) in [6.07, 6.45) is 0. The van der Waals surface area contributed by atoms with E-state index in [1.807, 2.05) is 12.1 Å². The molecule has 1 heterocycles. The molecule has 0 radical (unpaired) electrons. The summed E-state index contributed by atoms with van der Waals surface area (Å²) < 4.78 is 0.998. The Morgan fingerprint density at radius 1 is 1.26 bits per heavy atom. The van der Waals surface area contributed by atoms with Crippen LogP contribution in [0.25, 0.3) is 0 Å². The molecule has 0 saturated carbocycles. The van der Waals surface area contributed by atoms with Crippen LogP contribution >= 0.6 is 27.3 Å². The zero-order valence-electron chi connectivity index (χ0n) is 12.9. The molecule has 0 aliphatic heterocycles. The highest BCUT2D eigenvalue weighted by atomic mass is 79.9. The molecule has 0 spiro atoms. The zero-order valence-corrected chi connectivity index (χ0v) is 15.3. The van der Waals surface area contributed by atoms with Crippen LogP contribution in [0, 0.1) is 10.1 Å². The Morgan fingerprint density at radius 3 is 2.48 bits per heavy atom. The van der Waals surface area contributed by atoms with E-state index in [0.717, 1.165) is 8.66 Å². The molecule has 1 amide bonds. The summed E-state index contributed by atoms with van der Waals surface area (Å²) >= 11 is 4.94. The number of halogens is 1. The van der Waals surface area contributed by atoms with E-state index < -0.39 is 4.92 Å². The first-order chi connectivity index (χ1) is 10.8. The number of nitrogens with zero attached hydrogens (tertiary/aromatic N) is 3. The largest absolute Gasteiger partial charge is 0.377 e. The lowest BCUT2D eigenvalue weighted by Gasteiger charge is -2.21. The van der Waals surface area contributed by atoms with Gasteiger partial charge in [-0.1, -0.05) is 0 Å². The molecule has 0 aliphatic rings. The van der Waals surface area contributed by atoms with E-state index in [2.05, 4.69) is 15.9 Å². The molecule has 2 rings (SSSR count). The van der Waals surface area contributed by atoms with Gasteiger partial charge in [0.15, 0.2) is 0 Å². The zero-order chi connectivity index (χ0) is 17.1. The number of thiophene rings is 1. The van der Waals surface area contributed by atoms with Crippen LogP contribution in [0.4, 0.5) is 11.4 Å². The van der Waals surface area contributed by atoms with Gasteiger partial charge < -0.3 is 9.80 Å². The molecule has 122 valence electrons. The van der Waals surface area contributed by atoms with Crippen LogP contribution in [0.2, 0.25) is 0 Å². The van der Waals surface area contributed by atoms with Gasteiger partial charge in [0.25, 0.3) is 11.6 Å². The minimum Gasteiger partial charge on any atom is -0.377 e. The Hall–Kier alpha value is -1.93. The lowest BCUT2D eigenvalue weighted by atomic mass is 10.1. The summed E-state index contributed by atoms with van der Waals surface area (Å²) in [4.78, 5) is 27.6. The van der Waals surface area contributed by atoms with Gasteiger partial charge in [0.2, 0.25) is 0 Å². The molecular weight excluding hydrogens is 382 g/mol. The molecule has 2 aromatic rings. The standard InChI is InChI=1S/C15H16BrN3O3S/c1-17(2)13-6-4-10(19(21)22)8-12(13)15(20)18(3)9-11-5-7-14(16)23-11/h4-8H,9H2,1-3H3. The van der Waals surface area contributed by atoms with Gasteiger partial charge in [0.05, 0.1) is 20.8 Å². The maximum Gasteiger partial charge on any atom is 0.270 e. The summed E-state index contributed by atoms with van der Waals surface area (Å²) in [5.41, 5.74) is 0.883. The Bertz CT molecular complexity index is 745. The number of carbonyl (C=O) groups is 1. The molecule has 0 unspecified atom stereocenters. The van der Waals surface area contributed by atoms with Gasteiger partial charge in [-0.2, -0.15) is 0 Å². The third-order valence-corrected chi connectivity index (χ3v) is 4.88. The van der Waals surface area contributed by atoms with Crippen molar-refractivity contribution in [1.29, 1.82) is 0 Å². The Labute approximate surface area is 146 Å². The number of hydrogen-bond donors (Lipinski definition) is 0. The molecule has 0 saturated heterocycles. The van der Waals surface area contributed by atoms with Gasteiger partial charge in [0, 0.05) is 43.8 Å². The highest BCUT2D eigenvalue weighted by Gasteiger charge is 2.21. The van der Waals surface area contributed by atoms with Crippen molar-refractivity contribution in [2.24, 2.45) is 0 Å². The van der Waals surface area contributed by atoms with Gasteiger partial charge in [0.1, 0.15) is 0 Å². The van der Waals surface area contributed by atoms with E-state index in [-0.39, 0.29) is 11.6 Å². The predicted octanol–water partition coefficient (Wildman–Crippen LogP) is 3.76. The third-order valence-electron chi connectivity index (χ3n) is 3.27. The second kappa shape index (κ2) is 7.10. The molecule has 1 aromatic carbocycles. The molecule has 0 bridgehead atoms. The lowest BCUT2D eigenvalue weighted by Crippen LogP contribution is -2.27. The summed E-state index contributed by atoms with van der Waals surface area (Å²) in [7, 11) is 5.29. The van der Waals surface area contributed by atoms with Crippen LogP contribution in [-0.4, -0.2) is 36.9 Å². The molecule has 1 aromatic heterocycles. The second-order valence-electron chi connectivity index (χ2n) is 5.22. The number of benzene rings is 1. The quantitative estimate of drug-likeness (QED) is 0.568. The van der Waals surface area contributed by atoms with Crippen molar-refractivity contribution in [2.75, 3.05) is 26.0 Å². The van der Waals surface area contributed by atoms with Crippen LogP contribution in [0.1, 0.15) is 15.2 Å². The van der Waals surface area contributed by atoms with E-state index in [1.54, 1.807) is 48.3 Å². The first-order valence-corrected chi connectivity index (χ1v) is 8.36. The molecule has 0 N–H and O–H groups in total. The van der Waals surface area contributed by atoms with Crippen molar-refractivity contribution in [1.82, 2.24) is 4.90 Å². The van der Waals surface area contributed by atoms with E-state index in [9.17, 15) is 14.9 Å². The molecule has 0 atom stereocenters. The molecular formula is C15H16BrN3O3S. The van der Waals surface area contributed by atoms with Crippen LogP contribution < -0.4 is 4.90 Å². The number of non-ortho nitro benzene ring substituents is 1. The maximum absolute atomic E-state index is 12.7. The van der Waals surface area contributed by atoms with E-state index in [4.69, 9.17) is 0 Å². The molecule has 23 heavy (non-hydrogen) atoms. The minimum absolute atomic E-state index is 0.0915. The fourth-order valence-corrected chi connectivity index (χ4v) is 3.68. The number of anilines is 1. The first-order valence-electron chi connectivity index (χ1n) is 6.75. The molecule has 8 heteroatoms. The lowest BCUT2D eigenvalue weighted by molar-refractivity contribution is -0.384. The number of nitro groups is 1. The third kappa shape index (κ3) is 4.08. The van der Waals surface area contributed by atoms with Crippen molar-refractivity contribution in [3.63, 3.8) is 0 Å². The van der Waals surface area contributed by atoms with E-state index in [1.165, 1.54) is 12.1 Å². The Balaban J connectivity index is 2.32. The van der Waals surface area contributed by atoms with Gasteiger partial charge in [-0.05, 0) is 34.1 Å². The number of nitro benzene ring substituents is 1. The van der Waals surface area contributed by atoms with E-state index in [0.29, 0.717) is 17.8 Å². The fourth-order valence-electron chi connectivity index (χ4n) is 2.15. The minimum atomic E-state index is -0.493. The molecule has 6 nitrogen and oxygen atoms in total. The van der Waals surface area contributed by atoms with Gasteiger partial charge in [-0.15, -0.1) is 11.3 Å².